The number of hydrogen-bond acceptors (Lipinski definition) is 3. The minimum absolute atomic E-state index is 0.00198. The number of fused-ring (bicyclic) bond motifs is 1. The first-order valence-electron chi connectivity index (χ1n) is 10.1. The predicted octanol–water partition coefficient (Wildman–Crippen LogP) is 3.28. The summed E-state index contributed by atoms with van der Waals surface area (Å²) in [5.41, 5.74) is 3.01. The summed E-state index contributed by atoms with van der Waals surface area (Å²) in [6.45, 7) is 4.75. The van der Waals surface area contributed by atoms with Crippen molar-refractivity contribution in [2.75, 3.05) is 39.4 Å². The number of nitrogens with one attached hydrogen (secondary N) is 2. The number of morpholine rings is 1. The van der Waals surface area contributed by atoms with Gasteiger partial charge in [-0.1, -0.05) is 30.3 Å². The van der Waals surface area contributed by atoms with Crippen molar-refractivity contribution in [3.63, 3.8) is 0 Å². The Morgan fingerprint density at radius 1 is 1.14 bits per heavy atom. The molecule has 1 aliphatic rings. The second-order valence-electron chi connectivity index (χ2n) is 7.40. The minimum Gasteiger partial charge on any atom is -0.379 e. The lowest BCUT2D eigenvalue weighted by Crippen LogP contribution is -2.41. The van der Waals surface area contributed by atoms with Crippen LogP contribution in [-0.4, -0.2) is 55.2 Å². The highest BCUT2D eigenvalue weighted by Crippen LogP contribution is 2.33. The van der Waals surface area contributed by atoms with E-state index in [4.69, 9.17) is 4.74 Å². The molecule has 5 nitrogen and oxygen atoms in total. The van der Waals surface area contributed by atoms with Crippen LogP contribution in [0.2, 0.25) is 0 Å². The summed E-state index contributed by atoms with van der Waals surface area (Å²) in [6.07, 6.45) is 2.27. The van der Waals surface area contributed by atoms with Gasteiger partial charge in [0.2, 0.25) is 5.91 Å². The molecule has 1 aromatic heterocycles. The molecule has 0 aliphatic carbocycles. The van der Waals surface area contributed by atoms with E-state index in [1.54, 1.807) is 12.1 Å². The number of carbonyl (C=O) groups excluding carboxylic acids is 1. The number of para-hydroxylation sites is 1. The highest BCUT2D eigenvalue weighted by Gasteiger charge is 2.21. The summed E-state index contributed by atoms with van der Waals surface area (Å²) in [5.74, 6) is -0.422. The summed E-state index contributed by atoms with van der Waals surface area (Å²) in [6, 6.07) is 14.5. The third-order valence-corrected chi connectivity index (χ3v) is 5.51. The van der Waals surface area contributed by atoms with Crippen molar-refractivity contribution in [1.82, 2.24) is 15.2 Å². The largest absolute Gasteiger partial charge is 0.379 e. The van der Waals surface area contributed by atoms with Gasteiger partial charge in [-0.2, -0.15) is 0 Å². The van der Waals surface area contributed by atoms with Crippen LogP contribution in [0.1, 0.15) is 23.5 Å². The number of halogens is 1. The molecule has 1 atom stereocenters. The quantitative estimate of drug-likeness (QED) is 0.646. The zero-order valence-corrected chi connectivity index (χ0v) is 16.4. The second-order valence-corrected chi connectivity index (χ2v) is 7.40. The van der Waals surface area contributed by atoms with Crippen LogP contribution >= 0.6 is 0 Å². The molecule has 6 heteroatoms. The van der Waals surface area contributed by atoms with Crippen LogP contribution in [0.5, 0.6) is 0 Å². The molecule has 4 rings (SSSR count). The average Bonchev–Trinajstić information content (AvgIpc) is 3.17. The fourth-order valence-electron chi connectivity index (χ4n) is 3.92. The molecule has 1 amide bonds. The minimum atomic E-state index is -0.276. The Balaban J connectivity index is 1.48. The van der Waals surface area contributed by atoms with Gasteiger partial charge in [-0.15, -0.1) is 0 Å². The number of amides is 1. The number of carbonyl (C=O) groups is 1. The van der Waals surface area contributed by atoms with Crippen LogP contribution in [-0.2, 0) is 9.53 Å². The van der Waals surface area contributed by atoms with Gasteiger partial charge in [0.25, 0.3) is 0 Å². The van der Waals surface area contributed by atoms with Gasteiger partial charge >= 0.3 is 0 Å². The first kappa shape index (κ1) is 19.6. The normalized spacial score (nSPS) is 16.0. The van der Waals surface area contributed by atoms with Gasteiger partial charge in [-0.25, -0.2) is 4.39 Å². The highest BCUT2D eigenvalue weighted by molar-refractivity contribution is 5.86. The van der Waals surface area contributed by atoms with Gasteiger partial charge in [0, 0.05) is 55.6 Å². The molecule has 0 bridgehead atoms. The van der Waals surface area contributed by atoms with E-state index in [0.717, 1.165) is 54.9 Å². The van der Waals surface area contributed by atoms with Crippen molar-refractivity contribution in [2.45, 2.75) is 12.3 Å². The number of ether oxygens (including phenoxy) is 1. The fraction of sp³-hybridized carbons (Fsp3) is 0.348. The van der Waals surface area contributed by atoms with Crippen molar-refractivity contribution in [2.24, 2.45) is 0 Å². The lowest BCUT2D eigenvalue weighted by atomic mass is 9.88. The molecule has 1 saturated heterocycles. The lowest BCUT2D eigenvalue weighted by Gasteiger charge is -2.26. The molecule has 0 saturated carbocycles. The number of rotatable bonds is 7. The smallest absolute Gasteiger partial charge is 0.220 e. The van der Waals surface area contributed by atoms with E-state index in [1.807, 2.05) is 30.5 Å². The zero-order chi connectivity index (χ0) is 20.1. The van der Waals surface area contributed by atoms with Gasteiger partial charge in [-0.3, -0.25) is 9.69 Å². The number of H-pyrrole nitrogens is 1. The van der Waals surface area contributed by atoms with Crippen LogP contribution in [0.25, 0.3) is 10.9 Å². The van der Waals surface area contributed by atoms with Crippen molar-refractivity contribution < 1.29 is 13.9 Å². The lowest BCUT2D eigenvalue weighted by molar-refractivity contribution is -0.121. The number of hydrogen-bond donors (Lipinski definition) is 2. The molecule has 29 heavy (non-hydrogen) atoms. The average molecular weight is 395 g/mol. The van der Waals surface area contributed by atoms with Crippen LogP contribution in [0, 0.1) is 5.82 Å². The van der Waals surface area contributed by atoms with E-state index >= 15 is 0 Å². The summed E-state index contributed by atoms with van der Waals surface area (Å²) in [7, 11) is 0. The monoisotopic (exact) mass is 395 g/mol. The highest BCUT2D eigenvalue weighted by atomic mass is 19.1. The third kappa shape index (κ3) is 4.83. The Bertz CT molecular complexity index is 948. The van der Waals surface area contributed by atoms with Gasteiger partial charge in [0.15, 0.2) is 0 Å². The van der Waals surface area contributed by atoms with Crippen molar-refractivity contribution in [1.29, 1.82) is 0 Å². The summed E-state index contributed by atoms with van der Waals surface area (Å²) >= 11 is 0. The van der Waals surface area contributed by atoms with Crippen LogP contribution in [0.4, 0.5) is 4.39 Å². The van der Waals surface area contributed by atoms with E-state index in [9.17, 15) is 9.18 Å². The van der Waals surface area contributed by atoms with Crippen LogP contribution in [0.15, 0.2) is 54.7 Å². The van der Waals surface area contributed by atoms with Crippen molar-refractivity contribution >= 4 is 16.8 Å². The number of aromatic amines is 1. The summed E-state index contributed by atoms with van der Waals surface area (Å²) in [5, 5.41) is 4.13. The molecule has 1 fully saturated rings. The number of nitrogens with zero attached hydrogens (tertiary/aromatic N) is 1. The Morgan fingerprint density at radius 3 is 2.69 bits per heavy atom. The molecule has 0 unspecified atom stereocenters. The first-order valence-corrected chi connectivity index (χ1v) is 10.1. The molecule has 0 spiro atoms. The van der Waals surface area contributed by atoms with Gasteiger partial charge in [0.1, 0.15) is 5.82 Å². The maximum absolute atomic E-state index is 13.5. The number of benzene rings is 2. The molecular formula is C23H26FN3O2. The summed E-state index contributed by atoms with van der Waals surface area (Å²) < 4.78 is 18.8. The molecule has 3 aromatic rings. The SMILES string of the molecule is O=C(C[C@@H](c1ccc(F)cc1)c1c[nH]c2ccccc12)NCCN1CCOCC1. The Hall–Kier alpha value is -2.70. The Kier molecular flexibility index (Phi) is 6.22. The van der Waals surface area contributed by atoms with Crippen LogP contribution in [0.3, 0.4) is 0 Å². The van der Waals surface area contributed by atoms with Gasteiger partial charge in [0.05, 0.1) is 13.2 Å². The van der Waals surface area contributed by atoms with E-state index in [1.165, 1.54) is 12.1 Å². The number of aromatic nitrogens is 1. The second kappa shape index (κ2) is 9.20. The molecule has 1 aliphatic heterocycles. The molecule has 152 valence electrons. The van der Waals surface area contributed by atoms with Gasteiger partial charge in [-0.05, 0) is 29.3 Å². The molecule has 2 heterocycles. The predicted molar refractivity (Wildman–Crippen MR) is 111 cm³/mol. The Labute approximate surface area is 169 Å². The van der Waals surface area contributed by atoms with E-state index in [-0.39, 0.29) is 17.6 Å². The van der Waals surface area contributed by atoms with E-state index in [0.29, 0.717) is 13.0 Å². The molecule has 0 radical (unpaired) electrons. The maximum atomic E-state index is 13.5. The standard InChI is InChI=1S/C23H26FN3O2/c24-18-7-5-17(6-8-18)20(21-16-26-22-4-2-1-3-19(21)22)15-23(28)25-9-10-27-11-13-29-14-12-27/h1-8,16,20,26H,9-15H2,(H,25,28)/t20-/m0/s1. The topological polar surface area (TPSA) is 57.4 Å². The molecular weight excluding hydrogens is 369 g/mol. The fourth-order valence-corrected chi connectivity index (χ4v) is 3.92. The van der Waals surface area contributed by atoms with Gasteiger partial charge < -0.3 is 15.0 Å². The van der Waals surface area contributed by atoms with E-state index < -0.39 is 0 Å². The zero-order valence-electron chi connectivity index (χ0n) is 16.4. The van der Waals surface area contributed by atoms with Crippen LogP contribution < -0.4 is 5.32 Å². The molecule has 2 N–H and O–H groups in total. The summed E-state index contributed by atoms with van der Waals surface area (Å²) in [4.78, 5) is 18.3. The maximum Gasteiger partial charge on any atom is 0.220 e. The molecule has 2 aromatic carbocycles. The van der Waals surface area contributed by atoms with Crippen molar-refractivity contribution in [3.05, 3.63) is 71.7 Å². The third-order valence-electron chi connectivity index (χ3n) is 5.51. The first-order chi connectivity index (χ1) is 14.2. The van der Waals surface area contributed by atoms with Crippen molar-refractivity contribution in [3.8, 4) is 0 Å². The van der Waals surface area contributed by atoms with E-state index in [2.05, 4.69) is 15.2 Å². The Morgan fingerprint density at radius 2 is 1.90 bits per heavy atom.